The van der Waals surface area contributed by atoms with Crippen LogP contribution in [0.1, 0.15) is 39.0 Å². The van der Waals surface area contributed by atoms with Crippen molar-refractivity contribution in [3.8, 4) is 0 Å². The lowest BCUT2D eigenvalue weighted by Crippen LogP contribution is -2.25. The van der Waals surface area contributed by atoms with Crippen molar-refractivity contribution in [1.29, 1.82) is 0 Å². The van der Waals surface area contributed by atoms with Gasteiger partial charge in [-0.25, -0.2) is 0 Å². The lowest BCUT2D eigenvalue weighted by molar-refractivity contribution is 0.109. The highest BCUT2D eigenvalue weighted by atomic mass is 16.5. The van der Waals surface area contributed by atoms with E-state index in [-0.39, 0.29) is 0 Å². The first-order valence-corrected chi connectivity index (χ1v) is 6.79. The van der Waals surface area contributed by atoms with Gasteiger partial charge in [-0.15, -0.1) is 0 Å². The monoisotopic (exact) mass is 228 g/mol. The minimum Gasteiger partial charge on any atom is -0.382 e. The van der Waals surface area contributed by atoms with Crippen LogP contribution >= 0.6 is 0 Å². The molecule has 3 nitrogen and oxygen atoms in total. The standard InChI is InChI=1S/C13H28N2O/c1-13(16-2)7-5-8-14-9-6-12-15-10-3-4-11-15/h13-14H,3-12H2,1-2H3. The molecule has 1 heterocycles. The molecule has 16 heavy (non-hydrogen) atoms. The minimum atomic E-state index is 0.409. The van der Waals surface area contributed by atoms with Crippen LogP contribution in [0.4, 0.5) is 0 Å². The summed E-state index contributed by atoms with van der Waals surface area (Å²) in [5.74, 6) is 0. The van der Waals surface area contributed by atoms with Gasteiger partial charge in [-0.3, -0.25) is 0 Å². The Labute approximate surface area is 101 Å². The Morgan fingerprint density at radius 1 is 1.19 bits per heavy atom. The van der Waals surface area contributed by atoms with Gasteiger partial charge in [0.15, 0.2) is 0 Å². The molecule has 0 aliphatic carbocycles. The largest absolute Gasteiger partial charge is 0.382 e. The number of hydrogen-bond acceptors (Lipinski definition) is 3. The van der Waals surface area contributed by atoms with Gasteiger partial charge in [0.25, 0.3) is 0 Å². The quantitative estimate of drug-likeness (QED) is 0.610. The maximum atomic E-state index is 5.21. The van der Waals surface area contributed by atoms with Crippen molar-refractivity contribution in [2.75, 3.05) is 39.8 Å². The van der Waals surface area contributed by atoms with Gasteiger partial charge in [-0.05, 0) is 71.8 Å². The molecule has 0 radical (unpaired) electrons. The van der Waals surface area contributed by atoms with Gasteiger partial charge < -0.3 is 15.0 Å². The van der Waals surface area contributed by atoms with Crippen molar-refractivity contribution in [3.05, 3.63) is 0 Å². The fourth-order valence-corrected chi connectivity index (χ4v) is 2.19. The number of methoxy groups -OCH3 is 1. The van der Waals surface area contributed by atoms with Crippen molar-refractivity contribution in [2.24, 2.45) is 0 Å². The first-order chi connectivity index (χ1) is 7.83. The molecule has 1 rings (SSSR count). The molecule has 0 spiro atoms. The van der Waals surface area contributed by atoms with E-state index in [4.69, 9.17) is 4.74 Å². The van der Waals surface area contributed by atoms with Crippen LogP contribution in [-0.4, -0.2) is 50.8 Å². The van der Waals surface area contributed by atoms with Crippen molar-refractivity contribution in [1.82, 2.24) is 10.2 Å². The number of rotatable bonds is 9. The van der Waals surface area contributed by atoms with E-state index < -0.39 is 0 Å². The van der Waals surface area contributed by atoms with E-state index in [1.165, 1.54) is 45.3 Å². The third-order valence-electron chi connectivity index (χ3n) is 3.39. The molecular formula is C13H28N2O. The Balaban J connectivity index is 1.77. The highest BCUT2D eigenvalue weighted by Gasteiger charge is 2.09. The number of ether oxygens (including phenoxy) is 1. The second-order valence-corrected chi connectivity index (χ2v) is 4.84. The van der Waals surface area contributed by atoms with E-state index in [1.54, 1.807) is 7.11 Å². The minimum absolute atomic E-state index is 0.409. The average Bonchev–Trinajstić information content (AvgIpc) is 2.80. The fourth-order valence-electron chi connectivity index (χ4n) is 2.19. The van der Waals surface area contributed by atoms with Crippen LogP contribution in [0.5, 0.6) is 0 Å². The lowest BCUT2D eigenvalue weighted by Gasteiger charge is -2.14. The molecule has 0 aromatic rings. The summed E-state index contributed by atoms with van der Waals surface area (Å²) in [6.45, 7) is 8.36. The van der Waals surface area contributed by atoms with E-state index in [0.29, 0.717) is 6.10 Å². The SMILES string of the molecule is COC(C)CCCNCCCN1CCCC1. The number of hydrogen-bond donors (Lipinski definition) is 1. The topological polar surface area (TPSA) is 24.5 Å². The first kappa shape index (κ1) is 13.9. The second-order valence-electron chi connectivity index (χ2n) is 4.84. The van der Waals surface area contributed by atoms with Crippen LogP contribution in [0.25, 0.3) is 0 Å². The smallest absolute Gasteiger partial charge is 0.0543 e. The molecule has 1 N–H and O–H groups in total. The molecule has 0 aromatic heterocycles. The summed E-state index contributed by atoms with van der Waals surface area (Å²) in [7, 11) is 1.79. The predicted molar refractivity (Wildman–Crippen MR) is 68.9 cm³/mol. The summed E-state index contributed by atoms with van der Waals surface area (Å²) in [5, 5.41) is 3.51. The predicted octanol–water partition coefficient (Wildman–Crippen LogP) is 1.88. The van der Waals surface area contributed by atoms with Crippen LogP contribution in [0.2, 0.25) is 0 Å². The summed E-state index contributed by atoms with van der Waals surface area (Å²) in [4.78, 5) is 2.58. The molecule has 1 aliphatic rings. The van der Waals surface area contributed by atoms with Crippen molar-refractivity contribution in [2.45, 2.75) is 45.1 Å². The van der Waals surface area contributed by atoms with Gasteiger partial charge in [-0.2, -0.15) is 0 Å². The molecule has 0 saturated carbocycles. The second kappa shape index (κ2) is 8.97. The normalized spacial score (nSPS) is 19.1. The Morgan fingerprint density at radius 3 is 2.56 bits per heavy atom. The van der Waals surface area contributed by atoms with Crippen molar-refractivity contribution >= 4 is 0 Å². The molecule has 0 amide bonds. The summed E-state index contributed by atoms with van der Waals surface area (Å²) >= 11 is 0. The van der Waals surface area contributed by atoms with Gasteiger partial charge in [0.2, 0.25) is 0 Å². The molecule has 1 atom stereocenters. The van der Waals surface area contributed by atoms with Crippen molar-refractivity contribution in [3.63, 3.8) is 0 Å². The molecular weight excluding hydrogens is 200 g/mol. The summed E-state index contributed by atoms with van der Waals surface area (Å²) in [5.41, 5.74) is 0. The van der Waals surface area contributed by atoms with E-state index in [9.17, 15) is 0 Å². The van der Waals surface area contributed by atoms with Gasteiger partial charge in [0.1, 0.15) is 0 Å². The molecule has 1 aliphatic heterocycles. The zero-order valence-corrected chi connectivity index (χ0v) is 11.0. The van der Waals surface area contributed by atoms with Crippen LogP contribution in [-0.2, 0) is 4.74 Å². The van der Waals surface area contributed by atoms with Crippen molar-refractivity contribution < 1.29 is 4.74 Å². The summed E-state index contributed by atoms with van der Waals surface area (Å²) in [6.07, 6.45) is 6.89. The van der Waals surface area contributed by atoms with Crippen LogP contribution in [0.3, 0.4) is 0 Å². The highest BCUT2D eigenvalue weighted by molar-refractivity contribution is 4.66. The highest BCUT2D eigenvalue weighted by Crippen LogP contribution is 2.06. The van der Waals surface area contributed by atoms with Crippen LogP contribution in [0.15, 0.2) is 0 Å². The number of likely N-dealkylation sites (tertiary alicyclic amines) is 1. The van der Waals surface area contributed by atoms with E-state index in [1.807, 2.05) is 0 Å². The van der Waals surface area contributed by atoms with Gasteiger partial charge in [0.05, 0.1) is 6.10 Å². The van der Waals surface area contributed by atoms with Crippen LogP contribution < -0.4 is 5.32 Å². The van der Waals surface area contributed by atoms with Gasteiger partial charge in [-0.1, -0.05) is 0 Å². The molecule has 1 unspecified atom stereocenters. The Hall–Kier alpha value is -0.120. The summed E-state index contributed by atoms with van der Waals surface area (Å²) < 4.78 is 5.21. The Morgan fingerprint density at radius 2 is 1.88 bits per heavy atom. The average molecular weight is 228 g/mol. The lowest BCUT2D eigenvalue weighted by atomic mass is 10.2. The van der Waals surface area contributed by atoms with E-state index in [2.05, 4.69) is 17.1 Å². The van der Waals surface area contributed by atoms with E-state index >= 15 is 0 Å². The zero-order chi connectivity index (χ0) is 11.6. The van der Waals surface area contributed by atoms with E-state index in [0.717, 1.165) is 19.5 Å². The molecule has 1 fully saturated rings. The molecule has 0 aromatic carbocycles. The third-order valence-corrected chi connectivity index (χ3v) is 3.39. The maximum absolute atomic E-state index is 5.21. The molecule has 1 saturated heterocycles. The first-order valence-electron chi connectivity index (χ1n) is 6.79. The van der Waals surface area contributed by atoms with Gasteiger partial charge in [0, 0.05) is 7.11 Å². The zero-order valence-electron chi connectivity index (χ0n) is 11.0. The third kappa shape index (κ3) is 6.46. The van der Waals surface area contributed by atoms with Crippen LogP contribution in [0, 0.1) is 0 Å². The van der Waals surface area contributed by atoms with Gasteiger partial charge >= 0.3 is 0 Å². The Bertz CT molecular complexity index is 158. The molecule has 96 valence electrons. The summed E-state index contributed by atoms with van der Waals surface area (Å²) in [6, 6.07) is 0. The number of nitrogens with one attached hydrogen (secondary N) is 1. The molecule has 3 heteroatoms. The molecule has 0 bridgehead atoms. The fraction of sp³-hybridized carbons (Fsp3) is 1.00. The maximum Gasteiger partial charge on any atom is 0.0543 e. The Kier molecular flexibility index (Phi) is 7.81. The number of nitrogens with zero attached hydrogens (tertiary/aromatic N) is 1.